The Bertz CT molecular complexity index is 384. The number of rotatable bonds is 4. The maximum absolute atomic E-state index is 11.7. The molecule has 1 fully saturated rings. The van der Waals surface area contributed by atoms with E-state index in [0.717, 1.165) is 32.4 Å². The monoisotopic (exact) mass is 232 g/mol. The molecule has 92 valence electrons. The molecule has 3 heteroatoms. The Morgan fingerprint density at radius 1 is 1.53 bits per heavy atom. The fourth-order valence-electron chi connectivity index (χ4n) is 2.23. The molecule has 0 saturated carbocycles. The lowest BCUT2D eigenvalue weighted by atomic mass is 10.1. The van der Waals surface area contributed by atoms with Crippen molar-refractivity contribution in [2.24, 2.45) is 0 Å². The van der Waals surface area contributed by atoms with Crippen LogP contribution in [0.3, 0.4) is 0 Å². The molecule has 1 aliphatic rings. The van der Waals surface area contributed by atoms with Crippen LogP contribution in [0.1, 0.15) is 24.0 Å². The SMILES string of the molecule is Cc1cccc(CCNC(=O)C2CCCN2)c1. The maximum atomic E-state index is 11.7. The summed E-state index contributed by atoms with van der Waals surface area (Å²) in [6, 6.07) is 8.45. The Labute approximate surface area is 103 Å². The van der Waals surface area contributed by atoms with E-state index >= 15 is 0 Å². The van der Waals surface area contributed by atoms with Crippen molar-refractivity contribution in [3.8, 4) is 0 Å². The lowest BCUT2D eigenvalue weighted by Crippen LogP contribution is -2.41. The molecule has 0 spiro atoms. The van der Waals surface area contributed by atoms with Crippen LogP contribution < -0.4 is 10.6 Å². The molecule has 1 aromatic rings. The van der Waals surface area contributed by atoms with Crippen LogP contribution in [-0.2, 0) is 11.2 Å². The van der Waals surface area contributed by atoms with Crippen molar-refractivity contribution in [2.75, 3.05) is 13.1 Å². The van der Waals surface area contributed by atoms with Crippen LogP contribution in [0.15, 0.2) is 24.3 Å². The summed E-state index contributed by atoms with van der Waals surface area (Å²) < 4.78 is 0. The molecule has 1 heterocycles. The van der Waals surface area contributed by atoms with Gasteiger partial charge in [-0.2, -0.15) is 0 Å². The molecule has 1 aromatic carbocycles. The second-order valence-corrected chi connectivity index (χ2v) is 4.68. The molecular formula is C14H20N2O. The summed E-state index contributed by atoms with van der Waals surface area (Å²) in [4.78, 5) is 11.7. The third-order valence-corrected chi connectivity index (χ3v) is 3.17. The summed E-state index contributed by atoms with van der Waals surface area (Å²) in [5.74, 6) is 0.148. The van der Waals surface area contributed by atoms with E-state index in [-0.39, 0.29) is 11.9 Å². The zero-order valence-corrected chi connectivity index (χ0v) is 10.3. The molecule has 1 amide bonds. The Hall–Kier alpha value is -1.35. The standard InChI is InChI=1S/C14H20N2O/c1-11-4-2-5-12(10-11)7-9-16-14(17)13-6-3-8-15-13/h2,4-5,10,13,15H,3,6-9H2,1H3,(H,16,17). The van der Waals surface area contributed by atoms with Crippen molar-refractivity contribution in [3.63, 3.8) is 0 Å². The first-order valence-corrected chi connectivity index (χ1v) is 6.32. The largest absolute Gasteiger partial charge is 0.354 e. The minimum absolute atomic E-state index is 0.0347. The van der Waals surface area contributed by atoms with Crippen LogP contribution in [0, 0.1) is 6.92 Å². The molecular weight excluding hydrogens is 212 g/mol. The van der Waals surface area contributed by atoms with Gasteiger partial charge in [0.2, 0.25) is 5.91 Å². The van der Waals surface area contributed by atoms with E-state index in [1.807, 2.05) is 0 Å². The molecule has 17 heavy (non-hydrogen) atoms. The van der Waals surface area contributed by atoms with Gasteiger partial charge < -0.3 is 10.6 Å². The van der Waals surface area contributed by atoms with Crippen molar-refractivity contribution in [2.45, 2.75) is 32.2 Å². The number of carbonyl (C=O) groups is 1. The van der Waals surface area contributed by atoms with E-state index in [4.69, 9.17) is 0 Å². The van der Waals surface area contributed by atoms with Gasteiger partial charge in [-0.15, -0.1) is 0 Å². The maximum Gasteiger partial charge on any atom is 0.237 e. The Balaban J connectivity index is 1.73. The molecule has 2 N–H and O–H groups in total. The molecule has 0 aromatic heterocycles. The summed E-state index contributed by atoms with van der Waals surface area (Å²) in [6.07, 6.45) is 2.98. The normalized spacial score (nSPS) is 19.2. The summed E-state index contributed by atoms with van der Waals surface area (Å²) in [5.41, 5.74) is 2.55. The predicted molar refractivity (Wildman–Crippen MR) is 68.9 cm³/mol. The van der Waals surface area contributed by atoms with Gasteiger partial charge >= 0.3 is 0 Å². The highest BCUT2D eigenvalue weighted by Gasteiger charge is 2.20. The summed E-state index contributed by atoms with van der Waals surface area (Å²) in [7, 11) is 0. The lowest BCUT2D eigenvalue weighted by molar-refractivity contribution is -0.122. The molecule has 1 atom stereocenters. The molecule has 0 aliphatic carbocycles. The smallest absolute Gasteiger partial charge is 0.237 e. The predicted octanol–water partition coefficient (Wildman–Crippen LogP) is 1.41. The fourth-order valence-corrected chi connectivity index (χ4v) is 2.23. The van der Waals surface area contributed by atoms with Gasteiger partial charge in [-0.25, -0.2) is 0 Å². The number of amides is 1. The molecule has 2 rings (SSSR count). The molecule has 0 bridgehead atoms. The van der Waals surface area contributed by atoms with Gasteiger partial charge in [0.15, 0.2) is 0 Å². The Morgan fingerprint density at radius 3 is 3.12 bits per heavy atom. The van der Waals surface area contributed by atoms with E-state index in [1.165, 1.54) is 11.1 Å². The molecule has 1 saturated heterocycles. The topological polar surface area (TPSA) is 41.1 Å². The zero-order chi connectivity index (χ0) is 12.1. The minimum atomic E-state index is 0.0347. The average Bonchev–Trinajstić information content (AvgIpc) is 2.82. The third-order valence-electron chi connectivity index (χ3n) is 3.17. The lowest BCUT2D eigenvalue weighted by Gasteiger charge is -2.11. The van der Waals surface area contributed by atoms with Crippen molar-refractivity contribution in [3.05, 3.63) is 35.4 Å². The van der Waals surface area contributed by atoms with E-state index < -0.39 is 0 Å². The van der Waals surface area contributed by atoms with Crippen molar-refractivity contribution in [1.29, 1.82) is 0 Å². The molecule has 1 aliphatic heterocycles. The first kappa shape index (κ1) is 12.1. The van der Waals surface area contributed by atoms with Crippen LogP contribution in [0.4, 0.5) is 0 Å². The molecule has 1 unspecified atom stereocenters. The van der Waals surface area contributed by atoms with E-state index in [2.05, 4.69) is 41.8 Å². The summed E-state index contributed by atoms with van der Waals surface area (Å²) in [5, 5.41) is 6.19. The Kier molecular flexibility index (Phi) is 4.15. The summed E-state index contributed by atoms with van der Waals surface area (Å²) >= 11 is 0. The highest BCUT2D eigenvalue weighted by atomic mass is 16.2. The van der Waals surface area contributed by atoms with Crippen LogP contribution in [0.5, 0.6) is 0 Å². The zero-order valence-electron chi connectivity index (χ0n) is 10.3. The van der Waals surface area contributed by atoms with E-state index in [1.54, 1.807) is 0 Å². The second-order valence-electron chi connectivity index (χ2n) is 4.68. The third kappa shape index (κ3) is 3.56. The number of benzene rings is 1. The second kappa shape index (κ2) is 5.82. The quantitative estimate of drug-likeness (QED) is 0.824. The van der Waals surface area contributed by atoms with Gasteiger partial charge in [0.25, 0.3) is 0 Å². The van der Waals surface area contributed by atoms with Gasteiger partial charge in [0.1, 0.15) is 0 Å². The van der Waals surface area contributed by atoms with Crippen LogP contribution in [-0.4, -0.2) is 25.0 Å². The first-order chi connectivity index (χ1) is 8.25. The van der Waals surface area contributed by atoms with E-state index in [0.29, 0.717) is 0 Å². The van der Waals surface area contributed by atoms with Gasteiger partial charge in [-0.1, -0.05) is 29.8 Å². The van der Waals surface area contributed by atoms with Gasteiger partial charge in [-0.3, -0.25) is 4.79 Å². The van der Waals surface area contributed by atoms with Gasteiger partial charge in [0.05, 0.1) is 6.04 Å². The van der Waals surface area contributed by atoms with Crippen molar-refractivity contribution < 1.29 is 4.79 Å². The van der Waals surface area contributed by atoms with Crippen molar-refractivity contribution >= 4 is 5.91 Å². The fraction of sp³-hybridized carbons (Fsp3) is 0.500. The number of hydrogen-bond donors (Lipinski definition) is 2. The highest BCUT2D eigenvalue weighted by molar-refractivity contribution is 5.81. The number of carbonyl (C=O) groups excluding carboxylic acids is 1. The van der Waals surface area contributed by atoms with Gasteiger partial charge in [0, 0.05) is 6.54 Å². The highest BCUT2D eigenvalue weighted by Crippen LogP contribution is 2.06. The van der Waals surface area contributed by atoms with Gasteiger partial charge in [-0.05, 0) is 38.3 Å². The van der Waals surface area contributed by atoms with Crippen LogP contribution >= 0.6 is 0 Å². The molecule has 3 nitrogen and oxygen atoms in total. The molecule has 0 radical (unpaired) electrons. The minimum Gasteiger partial charge on any atom is -0.354 e. The number of aryl methyl sites for hydroxylation is 1. The Morgan fingerprint density at radius 2 is 2.41 bits per heavy atom. The summed E-state index contributed by atoms with van der Waals surface area (Å²) in [6.45, 7) is 3.78. The first-order valence-electron chi connectivity index (χ1n) is 6.32. The number of hydrogen-bond acceptors (Lipinski definition) is 2. The average molecular weight is 232 g/mol. The van der Waals surface area contributed by atoms with Crippen LogP contribution in [0.2, 0.25) is 0 Å². The van der Waals surface area contributed by atoms with Crippen molar-refractivity contribution in [1.82, 2.24) is 10.6 Å². The van der Waals surface area contributed by atoms with Crippen LogP contribution in [0.25, 0.3) is 0 Å². The van der Waals surface area contributed by atoms with E-state index in [9.17, 15) is 4.79 Å². The number of nitrogens with one attached hydrogen (secondary N) is 2.